The third-order valence-corrected chi connectivity index (χ3v) is 5.89. The van der Waals surface area contributed by atoms with Crippen molar-refractivity contribution < 1.29 is 42.2 Å². The lowest BCUT2D eigenvalue weighted by Gasteiger charge is -2.26. The van der Waals surface area contributed by atoms with Gasteiger partial charge in [0.1, 0.15) is 18.8 Å². The molecule has 4 unspecified atom stereocenters. The molecule has 1 aliphatic heterocycles. The molecule has 1 heterocycles. The van der Waals surface area contributed by atoms with Crippen molar-refractivity contribution in [2.75, 3.05) is 13.2 Å². The molecule has 3 amide bonds. The molecular formula is C20H30F3N3O6. The zero-order valence-electron chi connectivity index (χ0n) is 18.1. The summed E-state index contributed by atoms with van der Waals surface area (Å²) in [6.45, 7) is 2.55. The van der Waals surface area contributed by atoms with Gasteiger partial charge in [0.25, 0.3) is 0 Å². The maximum absolute atomic E-state index is 12.9. The van der Waals surface area contributed by atoms with E-state index in [1.54, 1.807) is 6.92 Å². The smallest absolute Gasteiger partial charge is 0.383 e. The highest BCUT2D eigenvalue weighted by Gasteiger charge is 2.43. The number of ketones is 1. The predicted molar refractivity (Wildman–Crippen MR) is 105 cm³/mol. The van der Waals surface area contributed by atoms with E-state index in [0.717, 1.165) is 12.8 Å². The SMILES string of the molecule is CCC(O)C(=O)NC(CC1(C)CC1)C(=O)NC(CC1CCNC1=O)C(=O)COC(F)(F)F. The molecule has 1 aliphatic carbocycles. The van der Waals surface area contributed by atoms with Crippen LogP contribution in [-0.2, 0) is 23.9 Å². The standard InChI is InChI=1S/C20H30F3N3O6/c1-3-14(27)18(31)26-13(9-19(2)5-6-19)17(30)25-12(8-11-4-7-24-16(11)29)15(28)10-32-20(21,22)23/h11-14,27H,3-10H2,1-2H3,(H,24,29)(H,25,30)(H,26,31). The number of aliphatic hydroxyl groups excluding tert-OH is 1. The number of carbonyl (C=O) groups is 4. The van der Waals surface area contributed by atoms with E-state index in [1.165, 1.54) is 0 Å². The average Bonchev–Trinajstić information content (AvgIpc) is 3.31. The van der Waals surface area contributed by atoms with Gasteiger partial charge in [0.2, 0.25) is 17.7 Å². The fraction of sp³-hybridized carbons (Fsp3) is 0.800. The molecule has 2 fully saturated rings. The number of carbonyl (C=O) groups excluding carboxylic acids is 4. The molecule has 0 aromatic rings. The van der Waals surface area contributed by atoms with Gasteiger partial charge in [-0.3, -0.25) is 23.9 Å². The minimum atomic E-state index is -5.03. The molecule has 2 rings (SSSR count). The lowest BCUT2D eigenvalue weighted by molar-refractivity contribution is -0.321. The summed E-state index contributed by atoms with van der Waals surface area (Å²) in [7, 11) is 0. The van der Waals surface area contributed by atoms with Crippen molar-refractivity contribution in [3.63, 3.8) is 0 Å². The number of hydrogen-bond donors (Lipinski definition) is 4. The number of ether oxygens (including phenoxy) is 1. The number of aliphatic hydroxyl groups is 1. The van der Waals surface area contributed by atoms with Crippen LogP contribution in [0, 0.1) is 11.3 Å². The Morgan fingerprint density at radius 1 is 1.22 bits per heavy atom. The van der Waals surface area contributed by atoms with Gasteiger partial charge in [0.05, 0.1) is 6.04 Å². The second-order valence-electron chi connectivity index (χ2n) is 8.77. The van der Waals surface area contributed by atoms with Crippen LogP contribution in [0.25, 0.3) is 0 Å². The molecule has 2 aliphatic rings. The second kappa shape index (κ2) is 10.6. The van der Waals surface area contributed by atoms with Crippen LogP contribution in [0.2, 0.25) is 0 Å². The molecule has 12 heteroatoms. The zero-order valence-corrected chi connectivity index (χ0v) is 18.1. The molecule has 0 aromatic carbocycles. The van der Waals surface area contributed by atoms with E-state index in [2.05, 4.69) is 20.7 Å². The molecule has 0 spiro atoms. The molecule has 0 radical (unpaired) electrons. The lowest BCUT2D eigenvalue weighted by atomic mass is 9.94. The van der Waals surface area contributed by atoms with E-state index >= 15 is 0 Å². The van der Waals surface area contributed by atoms with E-state index < -0.39 is 54.7 Å². The first-order valence-electron chi connectivity index (χ1n) is 10.6. The number of rotatable bonds is 12. The Morgan fingerprint density at radius 3 is 2.34 bits per heavy atom. The molecular weight excluding hydrogens is 435 g/mol. The first kappa shape index (κ1) is 26.0. The third kappa shape index (κ3) is 8.05. The maximum Gasteiger partial charge on any atom is 0.522 e. The molecule has 9 nitrogen and oxygen atoms in total. The van der Waals surface area contributed by atoms with Gasteiger partial charge >= 0.3 is 6.36 Å². The number of nitrogens with one attached hydrogen (secondary N) is 3. The summed E-state index contributed by atoms with van der Waals surface area (Å²) in [5.74, 6) is -3.55. The van der Waals surface area contributed by atoms with Gasteiger partial charge in [0.15, 0.2) is 5.78 Å². The summed E-state index contributed by atoms with van der Waals surface area (Å²) in [6.07, 6.45) is -4.14. The van der Waals surface area contributed by atoms with Gasteiger partial charge in [-0.25, -0.2) is 0 Å². The molecule has 4 N–H and O–H groups in total. The monoisotopic (exact) mass is 465 g/mol. The summed E-state index contributed by atoms with van der Waals surface area (Å²) in [5, 5.41) is 17.2. The highest BCUT2D eigenvalue weighted by Crippen LogP contribution is 2.48. The highest BCUT2D eigenvalue weighted by molar-refractivity contribution is 5.94. The van der Waals surface area contributed by atoms with Gasteiger partial charge in [-0.15, -0.1) is 13.2 Å². The van der Waals surface area contributed by atoms with Gasteiger partial charge in [0, 0.05) is 12.5 Å². The van der Waals surface area contributed by atoms with Crippen LogP contribution in [0.1, 0.15) is 52.4 Å². The molecule has 0 bridgehead atoms. The molecule has 0 aromatic heterocycles. The van der Waals surface area contributed by atoms with Crippen molar-refractivity contribution >= 4 is 23.5 Å². The van der Waals surface area contributed by atoms with Crippen LogP contribution in [0.4, 0.5) is 13.2 Å². The molecule has 32 heavy (non-hydrogen) atoms. The van der Waals surface area contributed by atoms with Crippen molar-refractivity contribution in [1.82, 2.24) is 16.0 Å². The van der Waals surface area contributed by atoms with Crippen LogP contribution in [0.3, 0.4) is 0 Å². The number of Topliss-reactive ketones (excluding diaryl/α,β-unsaturated/α-hetero) is 1. The van der Waals surface area contributed by atoms with Gasteiger partial charge in [-0.2, -0.15) is 0 Å². The van der Waals surface area contributed by atoms with Crippen LogP contribution in [0.5, 0.6) is 0 Å². The predicted octanol–water partition coefficient (Wildman–Crippen LogP) is 0.549. The summed E-state index contributed by atoms with van der Waals surface area (Å²) in [5.41, 5.74) is -0.198. The summed E-state index contributed by atoms with van der Waals surface area (Å²) >= 11 is 0. The quantitative estimate of drug-likeness (QED) is 0.333. The Morgan fingerprint density at radius 2 is 1.84 bits per heavy atom. The summed E-state index contributed by atoms with van der Waals surface area (Å²) in [4.78, 5) is 49.4. The van der Waals surface area contributed by atoms with Gasteiger partial charge in [-0.05, 0) is 43.9 Å². The van der Waals surface area contributed by atoms with E-state index in [1.807, 2.05) is 6.92 Å². The number of halogens is 3. The summed E-state index contributed by atoms with van der Waals surface area (Å²) in [6, 6.07) is -2.49. The van der Waals surface area contributed by atoms with E-state index in [-0.39, 0.29) is 30.6 Å². The van der Waals surface area contributed by atoms with E-state index in [0.29, 0.717) is 13.0 Å². The van der Waals surface area contributed by atoms with Crippen LogP contribution < -0.4 is 16.0 Å². The summed E-state index contributed by atoms with van der Waals surface area (Å²) < 4.78 is 40.8. The first-order valence-corrected chi connectivity index (χ1v) is 10.6. The van der Waals surface area contributed by atoms with Crippen LogP contribution in [-0.4, -0.2) is 66.3 Å². The Bertz CT molecular complexity index is 726. The number of amides is 3. The largest absolute Gasteiger partial charge is 0.522 e. The number of hydrogen-bond acceptors (Lipinski definition) is 6. The van der Waals surface area contributed by atoms with E-state index in [4.69, 9.17) is 0 Å². The number of alkyl halides is 3. The van der Waals surface area contributed by atoms with Crippen molar-refractivity contribution in [3.8, 4) is 0 Å². The molecule has 1 saturated carbocycles. The molecule has 1 saturated heterocycles. The Hall–Kier alpha value is -2.21. The topological polar surface area (TPSA) is 134 Å². The minimum absolute atomic E-state index is 0.129. The van der Waals surface area contributed by atoms with Gasteiger partial charge < -0.3 is 21.1 Å². The fourth-order valence-electron chi connectivity index (χ4n) is 3.52. The average molecular weight is 465 g/mol. The highest BCUT2D eigenvalue weighted by atomic mass is 19.4. The molecule has 4 atom stereocenters. The molecule has 182 valence electrons. The second-order valence-corrected chi connectivity index (χ2v) is 8.77. The minimum Gasteiger partial charge on any atom is -0.383 e. The first-order chi connectivity index (χ1) is 14.8. The Labute approximate surface area is 183 Å². The Balaban J connectivity index is 2.12. The van der Waals surface area contributed by atoms with Crippen molar-refractivity contribution in [2.45, 2.75) is 76.9 Å². The fourth-order valence-corrected chi connectivity index (χ4v) is 3.52. The van der Waals surface area contributed by atoms with Gasteiger partial charge in [-0.1, -0.05) is 13.8 Å². The zero-order chi connectivity index (χ0) is 24.1. The van der Waals surface area contributed by atoms with Crippen molar-refractivity contribution in [1.29, 1.82) is 0 Å². The third-order valence-electron chi connectivity index (χ3n) is 5.89. The van der Waals surface area contributed by atoms with Crippen molar-refractivity contribution in [3.05, 3.63) is 0 Å². The normalized spacial score (nSPS) is 22.4. The Kier molecular flexibility index (Phi) is 8.63. The van der Waals surface area contributed by atoms with Crippen LogP contribution >= 0.6 is 0 Å². The van der Waals surface area contributed by atoms with E-state index in [9.17, 15) is 37.5 Å². The van der Waals surface area contributed by atoms with Crippen molar-refractivity contribution in [2.24, 2.45) is 11.3 Å². The van der Waals surface area contributed by atoms with Crippen LogP contribution in [0.15, 0.2) is 0 Å². The maximum atomic E-state index is 12.9. The lowest BCUT2D eigenvalue weighted by Crippen LogP contribution is -2.54.